The van der Waals surface area contributed by atoms with Crippen LogP contribution in [0.4, 0.5) is 0 Å². The SMILES string of the molecule is COc1cc(C)c(C(C)NC(=O)CN2CCOC3(CCCCC3)C2)cc1OC. The quantitative estimate of drug-likeness (QED) is 0.808. The van der Waals surface area contributed by atoms with Crippen molar-refractivity contribution < 1.29 is 19.0 Å². The molecule has 1 aliphatic carbocycles. The van der Waals surface area contributed by atoms with Crippen molar-refractivity contribution in [2.24, 2.45) is 0 Å². The van der Waals surface area contributed by atoms with Crippen LogP contribution in [0.2, 0.25) is 0 Å². The van der Waals surface area contributed by atoms with Gasteiger partial charge in [-0.05, 0) is 49.9 Å². The minimum atomic E-state index is -0.100. The number of methoxy groups -OCH3 is 2. The number of ether oxygens (including phenoxy) is 3. The van der Waals surface area contributed by atoms with Gasteiger partial charge < -0.3 is 19.5 Å². The monoisotopic (exact) mass is 390 g/mol. The molecule has 0 radical (unpaired) electrons. The van der Waals surface area contributed by atoms with Gasteiger partial charge in [0, 0.05) is 13.1 Å². The Hall–Kier alpha value is -1.79. The van der Waals surface area contributed by atoms with Crippen molar-refractivity contribution in [1.82, 2.24) is 10.2 Å². The Morgan fingerprint density at radius 1 is 1.21 bits per heavy atom. The summed E-state index contributed by atoms with van der Waals surface area (Å²) in [6, 6.07) is 3.80. The molecule has 0 aromatic heterocycles. The first-order chi connectivity index (χ1) is 13.5. The fraction of sp³-hybridized carbons (Fsp3) is 0.682. The Kier molecular flexibility index (Phi) is 6.83. The number of benzene rings is 1. The predicted octanol–water partition coefficient (Wildman–Crippen LogP) is 3.22. The third-order valence-corrected chi connectivity index (χ3v) is 6.08. The second kappa shape index (κ2) is 9.14. The summed E-state index contributed by atoms with van der Waals surface area (Å²) >= 11 is 0. The molecule has 1 aromatic rings. The predicted molar refractivity (Wildman–Crippen MR) is 109 cm³/mol. The van der Waals surface area contributed by atoms with Crippen molar-refractivity contribution in [3.63, 3.8) is 0 Å². The number of carbonyl (C=O) groups excluding carboxylic acids is 1. The van der Waals surface area contributed by atoms with E-state index in [0.717, 1.165) is 43.7 Å². The fourth-order valence-corrected chi connectivity index (χ4v) is 4.59. The zero-order valence-corrected chi connectivity index (χ0v) is 17.7. The molecule has 2 fully saturated rings. The molecule has 0 bridgehead atoms. The van der Waals surface area contributed by atoms with E-state index in [4.69, 9.17) is 14.2 Å². The summed E-state index contributed by atoms with van der Waals surface area (Å²) in [5.74, 6) is 1.43. The molecule has 1 atom stereocenters. The van der Waals surface area contributed by atoms with Gasteiger partial charge in [-0.1, -0.05) is 19.3 Å². The summed E-state index contributed by atoms with van der Waals surface area (Å²) in [4.78, 5) is 15.0. The van der Waals surface area contributed by atoms with Gasteiger partial charge >= 0.3 is 0 Å². The van der Waals surface area contributed by atoms with Crippen LogP contribution < -0.4 is 14.8 Å². The van der Waals surface area contributed by atoms with Gasteiger partial charge in [0.1, 0.15) is 0 Å². The highest BCUT2D eigenvalue weighted by atomic mass is 16.5. The van der Waals surface area contributed by atoms with Gasteiger partial charge in [0.15, 0.2) is 11.5 Å². The molecule has 1 N–H and O–H groups in total. The fourth-order valence-electron chi connectivity index (χ4n) is 4.59. The third kappa shape index (κ3) is 4.78. The molecule has 1 heterocycles. The second-order valence-electron chi connectivity index (χ2n) is 8.16. The Morgan fingerprint density at radius 2 is 1.89 bits per heavy atom. The van der Waals surface area contributed by atoms with Crippen LogP contribution >= 0.6 is 0 Å². The molecule has 1 aliphatic heterocycles. The minimum absolute atomic E-state index is 0.0255. The molecule has 3 rings (SSSR count). The number of rotatable bonds is 6. The Bertz CT molecular complexity index is 680. The van der Waals surface area contributed by atoms with E-state index in [1.54, 1.807) is 14.2 Å². The van der Waals surface area contributed by atoms with Crippen molar-refractivity contribution >= 4 is 5.91 Å². The smallest absolute Gasteiger partial charge is 0.234 e. The lowest BCUT2D eigenvalue weighted by atomic mass is 9.83. The second-order valence-corrected chi connectivity index (χ2v) is 8.16. The van der Waals surface area contributed by atoms with Crippen molar-refractivity contribution in [2.75, 3.05) is 40.5 Å². The molecule has 1 spiro atoms. The Labute approximate surface area is 168 Å². The molecule has 1 unspecified atom stereocenters. The van der Waals surface area contributed by atoms with Gasteiger partial charge in [0.2, 0.25) is 5.91 Å². The zero-order chi connectivity index (χ0) is 20.1. The summed E-state index contributed by atoms with van der Waals surface area (Å²) in [6.45, 7) is 6.85. The van der Waals surface area contributed by atoms with Gasteiger partial charge in [-0.2, -0.15) is 0 Å². The van der Waals surface area contributed by atoms with Crippen LogP contribution in [-0.2, 0) is 9.53 Å². The highest BCUT2D eigenvalue weighted by Gasteiger charge is 2.38. The van der Waals surface area contributed by atoms with E-state index in [1.807, 2.05) is 26.0 Å². The zero-order valence-electron chi connectivity index (χ0n) is 17.7. The molecule has 156 valence electrons. The topological polar surface area (TPSA) is 60.0 Å². The van der Waals surface area contributed by atoms with E-state index in [2.05, 4.69) is 10.2 Å². The highest BCUT2D eigenvalue weighted by molar-refractivity contribution is 5.78. The van der Waals surface area contributed by atoms with Gasteiger partial charge in [-0.15, -0.1) is 0 Å². The van der Waals surface area contributed by atoms with Crippen molar-refractivity contribution in [2.45, 2.75) is 57.6 Å². The Balaban J connectivity index is 1.60. The van der Waals surface area contributed by atoms with Crippen LogP contribution in [0.25, 0.3) is 0 Å². The van der Waals surface area contributed by atoms with Crippen molar-refractivity contribution in [1.29, 1.82) is 0 Å². The lowest BCUT2D eigenvalue weighted by molar-refractivity contribution is -0.138. The van der Waals surface area contributed by atoms with Crippen LogP contribution in [-0.4, -0.2) is 56.9 Å². The van der Waals surface area contributed by atoms with E-state index in [0.29, 0.717) is 18.0 Å². The number of amides is 1. The maximum Gasteiger partial charge on any atom is 0.234 e. The van der Waals surface area contributed by atoms with Gasteiger partial charge in [0.05, 0.1) is 39.0 Å². The van der Waals surface area contributed by atoms with E-state index >= 15 is 0 Å². The van der Waals surface area contributed by atoms with Gasteiger partial charge in [-0.25, -0.2) is 0 Å². The minimum Gasteiger partial charge on any atom is -0.493 e. The summed E-state index contributed by atoms with van der Waals surface area (Å²) in [7, 11) is 3.25. The van der Waals surface area contributed by atoms with E-state index < -0.39 is 0 Å². The van der Waals surface area contributed by atoms with E-state index in [9.17, 15) is 4.79 Å². The van der Waals surface area contributed by atoms with Gasteiger partial charge in [0.25, 0.3) is 0 Å². The maximum absolute atomic E-state index is 12.7. The van der Waals surface area contributed by atoms with Gasteiger partial charge in [-0.3, -0.25) is 9.69 Å². The molecular weight excluding hydrogens is 356 g/mol. The number of carbonyl (C=O) groups is 1. The van der Waals surface area contributed by atoms with Crippen LogP contribution in [0, 0.1) is 6.92 Å². The van der Waals surface area contributed by atoms with E-state index in [-0.39, 0.29) is 17.6 Å². The first-order valence-corrected chi connectivity index (χ1v) is 10.3. The van der Waals surface area contributed by atoms with Crippen LogP contribution in [0.3, 0.4) is 0 Å². The summed E-state index contributed by atoms with van der Waals surface area (Å²) < 4.78 is 16.9. The maximum atomic E-state index is 12.7. The molecule has 1 amide bonds. The molecule has 1 saturated carbocycles. The largest absolute Gasteiger partial charge is 0.493 e. The molecule has 1 saturated heterocycles. The highest BCUT2D eigenvalue weighted by Crippen LogP contribution is 2.35. The lowest BCUT2D eigenvalue weighted by Gasteiger charge is -2.44. The van der Waals surface area contributed by atoms with E-state index in [1.165, 1.54) is 19.3 Å². The summed E-state index contributed by atoms with van der Waals surface area (Å²) in [5.41, 5.74) is 2.08. The molecule has 6 heteroatoms. The number of hydrogen-bond acceptors (Lipinski definition) is 5. The first kappa shape index (κ1) is 20.9. The molecule has 6 nitrogen and oxygen atoms in total. The average molecular weight is 391 g/mol. The molecular formula is C22H34N2O4. The van der Waals surface area contributed by atoms with Crippen LogP contribution in [0.15, 0.2) is 12.1 Å². The number of aryl methyl sites for hydroxylation is 1. The normalized spacial score (nSPS) is 20.6. The number of hydrogen-bond donors (Lipinski definition) is 1. The number of nitrogens with one attached hydrogen (secondary N) is 1. The van der Waals surface area contributed by atoms with Crippen molar-refractivity contribution in [3.05, 3.63) is 23.3 Å². The lowest BCUT2D eigenvalue weighted by Crippen LogP contribution is -2.54. The standard InChI is InChI=1S/C22H34N2O4/c1-16-12-19(26-3)20(27-4)13-18(16)17(2)23-21(25)14-24-10-11-28-22(15-24)8-6-5-7-9-22/h12-13,17H,5-11,14-15H2,1-4H3,(H,23,25). The molecule has 28 heavy (non-hydrogen) atoms. The summed E-state index contributed by atoms with van der Waals surface area (Å²) in [5, 5.41) is 3.15. The third-order valence-electron chi connectivity index (χ3n) is 6.08. The van der Waals surface area contributed by atoms with Crippen LogP contribution in [0.5, 0.6) is 11.5 Å². The van der Waals surface area contributed by atoms with Crippen LogP contribution in [0.1, 0.15) is 56.2 Å². The molecule has 1 aromatic carbocycles. The number of morpholine rings is 1. The van der Waals surface area contributed by atoms with Crippen molar-refractivity contribution in [3.8, 4) is 11.5 Å². The Morgan fingerprint density at radius 3 is 2.57 bits per heavy atom. The summed E-state index contributed by atoms with van der Waals surface area (Å²) in [6.07, 6.45) is 6.00. The average Bonchev–Trinajstić information content (AvgIpc) is 2.68. The first-order valence-electron chi connectivity index (χ1n) is 10.3. The number of nitrogens with zero attached hydrogens (tertiary/aromatic N) is 1. The molecule has 2 aliphatic rings.